The predicted octanol–water partition coefficient (Wildman–Crippen LogP) is 0.706. The highest BCUT2D eigenvalue weighted by Crippen LogP contribution is 2.13. The van der Waals surface area contributed by atoms with Crippen LogP contribution in [0.1, 0.15) is 12.5 Å². The molecule has 0 unspecified atom stereocenters. The fraction of sp³-hybridized carbons (Fsp3) is 0.182. The van der Waals surface area contributed by atoms with Gasteiger partial charge in [-0.05, 0) is 49.0 Å². The Morgan fingerprint density at radius 2 is 2.17 bits per heavy atom. The van der Waals surface area contributed by atoms with E-state index in [1.54, 1.807) is 24.3 Å². The molecule has 1 rings (SSSR count). The van der Waals surface area contributed by atoms with Gasteiger partial charge in [-0.15, -0.1) is 0 Å². The molecule has 0 saturated carbocycles. The highest BCUT2D eigenvalue weighted by Gasteiger charge is 2.11. The molecule has 0 aliphatic rings. The van der Waals surface area contributed by atoms with Gasteiger partial charge in [0.2, 0.25) is 0 Å². The molecular formula is C11H13N3O3S. The topological polar surface area (TPSA) is 96.9 Å². The van der Waals surface area contributed by atoms with Crippen LogP contribution in [0.25, 0.3) is 0 Å². The van der Waals surface area contributed by atoms with Crippen molar-refractivity contribution in [3.63, 3.8) is 0 Å². The molecule has 0 radical (unpaired) electrons. The molecule has 96 valence electrons. The van der Waals surface area contributed by atoms with E-state index in [9.17, 15) is 4.79 Å². The zero-order chi connectivity index (χ0) is 13.5. The van der Waals surface area contributed by atoms with E-state index < -0.39 is 12.1 Å². The Balaban J connectivity index is 2.60. The van der Waals surface area contributed by atoms with Crippen molar-refractivity contribution in [2.75, 3.05) is 0 Å². The predicted molar refractivity (Wildman–Crippen MR) is 71.7 cm³/mol. The number of carboxylic acid groups (broad SMARTS) is 1. The second-order valence-electron chi connectivity index (χ2n) is 3.40. The van der Waals surface area contributed by atoms with Crippen molar-refractivity contribution in [2.24, 2.45) is 10.8 Å². The van der Waals surface area contributed by atoms with Crippen molar-refractivity contribution in [2.45, 2.75) is 13.0 Å². The summed E-state index contributed by atoms with van der Waals surface area (Å²) in [5, 5.41) is 12.6. The molecule has 0 saturated heterocycles. The number of benzene rings is 1. The van der Waals surface area contributed by atoms with E-state index in [-0.39, 0.29) is 5.11 Å². The number of rotatable bonds is 5. The number of carboxylic acids is 1. The lowest BCUT2D eigenvalue weighted by Gasteiger charge is -2.09. The van der Waals surface area contributed by atoms with Crippen LogP contribution in [-0.4, -0.2) is 28.5 Å². The van der Waals surface area contributed by atoms with Crippen LogP contribution in [0.15, 0.2) is 29.4 Å². The van der Waals surface area contributed by atoms with E-state index in [4.69, 9.17) is 15.6 Å². The minimum absolute atomic E-state index is 0.0847. The summed E-state index contributed by atoms with van der Waals surface area (Å²) in [6.07, 6.45) is 0.643. The number of thiocarbonyl (C=S) groups is 1. The average Bonchev–Trinajstić information content (AvgIpc) is 2.30. The molecule has 0 amide bonds. The van der Waals surface area contributed by atoms with Gasteiger partial charge in [-0.1, -0.05) is 0 Å². The molecule has 1 atom stereocenters. The highest BCUT2D eigenvalue weighted by atomic mass is 32.1. The normalized spacial score (nSPS) is 12.1. The van der Waals surface area contributed by atoms with Crippen molar-refractivity contribution in [1.29, 1.82) is 0 Å². The monoisotopic (exact) mass is 267 g/mol. The number of hydrogen-bond donors (Lipinski definition) is 3. The Labute approximate surface area is 109 Å². The summed E-state index contributed by atoms with van der Waals surface area (Å²) in [6.45, 7) is 1.46. The van der Waals surface area contributed by atoms with Gasteiger partial charge in [0.25, 0.3) is 0 Å². The number of nitrogens with one attached hydrogen (secondary N) is 1. The van der Waals surface area contributed by atoms with E-state index in [2.05, 4.69) is 22.7 Å². The van der Waals surface area contributed by atoms with Crippen LogP contribution >= 0.6 is 12.2 Å². The number of aliphatic carboxylic acids is 1. The summed E-state index contributed by atoms with van der Waals surface area (Å²) >= 11 is 4.58. The Bertz CT molecular complexity index is 459. The van der Waals surface area contributed by atoms with Gasteiger partial charge in [0.1, 0.15) is 5.75 Å². The van der Waals surface area contributed by atoms with E-state index in [1.165, 1.54) is 13.1 Å². The smallest absolute Gasteiger partial charge is 0.344 e. The third-order valence-corrected chi connectivity index (χ3v) is 2.02. The Morgan fingerprint density at radius 1 is 1.56 bits per heavy atom. The van der Waals surface area contributed by atoms with Crippen molar-refractivity contribution in [1.82, 2.24) is 5.43 Å². The van der Waals surface area contributed by atoms with Crippen LogP contribution in [0.3, 0.4) is 0 Å². The fourth-order valence-corrected chi connectivity index (χ4v) is 1.11. The summed E-state index contributed by atoms with van der Waals surface area (Å²) in [5.74, 6) is -0.536. The van der Waals surface area contributed by atoms with E-state index in [1.807, 2.05) is 0 Å². The minimum atomic E-state index is -1.01. The number of hydrogen-bond acceptors (Lipinski definition) is 4. The molecule has 0 aliphatic heterocycles. The van der Waals surface area contributed by atoms with E-state index in [0.29, 0.717) is 5.75 Å². The van der Waals surface area contributed by atoms with Crippen LogP contribution in [0, 0.1) is 0 Å². The van der Waals surface area contributed by atoms with E-state index >= 15 is 0 Å². The standard InChI is InChI=1S/C11H13N3O3S/c1-7(10(15)16)17-9-4-2-8(3-5-9)6-13-14-11(12)18/h2-7H,1H3,(H,15,16)(H3,12,14,18)/t7-/m1/s1. The highest BCUT2D eigenvalue weighted by molar-refractivity contribution is 7.80. The maximum atomic E-state index is 10.6. The second-order valence-corrected chi connectivity index (χ2v) is 3.84. The lowest BCUT2D eigenvalue weighted by molar-refractivity contribution is -0.144. The van der Waals surface area contributed by atoms with Gasteiger partial charge in [0.05, 0.1) is 6.21 Å². The van der Waals surface area contributed by atoms with Gasteiger partial charge >= 0.3 is 5.97 Å². The molecule has 0 aliphatic carbocycles. The Hall–Kier alpha value is -2.15. The maximum Gasteiger partial charge on any atom is 0.344 e. The zero-order valence-corrected chi connectivity index (χ0v) is 10.5. The third kappa shape index (κ3) is 4.79. The Kier molecular flexibility index (Phi) is 5.06. The van der Waals surface area contributed by atoms with Crippen LogP contribution in [-0.2, 0) is 4.79 Å². The summed E-state index contributed by atoms with van der Waals surface area (Å²) in [5.41, 5.74) is 8.42. The fourth-order valence-electron chi connectivity index (χ4n) is 1.06. The number of hydrazone groups is 1. The molecule has 18 heavy (non-hydrogen) atoms. The number of carbonyl (C=O) groups is 1. The first-order chi connectivity index (χ1) is 8.49. The molecule has 0 spiro atoms. The van der Waals surface area contributed by atoms with Crippen LogP contribution in [0.2, 0.25) is 0 Å². The lowest BCUT2D eigenvalue weighted by Crippen LogP contribution is -2.24. The summed E-state index contributed by atoms with van der Waals surface area (Å²) in [6, 6.07) is 6.77. The van der Waals surface area contributed by atoms with Gasteiger partial charge in [-0.25, -0.2) is 4.79 Å². The quantitative estimate of drug-likeness (QED) is 0.413. The van der Waals surface area contributed by atoms with Crippen molar-refractivity contribution < 1.29 is 14.6 Å². The summed E-state index contributed by atoms with van der Waals surface area (Å²) in [7, 11) is 0. The average molecular weight is 267 g/mol. The van der Waals surface area contributed by atoms with Crippen LogP contribution in [0.5, 0.6) is 5.75 Å². The first-order valence-electron chi connectivity index (χ1n) is 5.07. The lowest BCUT2D eigenvalue weighted by atomic mass is 10.2. The number of nitrogens with two attached hydrogens (primary N) is 1. The molecule has 0 bridgehead atoms. The van der Waals surface area contributed by atoms with Gasteiger partial charge in [-0.2, -0.15) is 5.10 Å². The molecule has 4 N–H and O–H groups in total. The van der Waals surface area contributed by atoms with Gasteiger partial charge in [-0.3, -0.25) is 5.43 Å². The SMILES string of the molecule is C[C@@H](Oc1ccc(C=NNC(N)=S)cc1)C(=O)O. The summed E-state index contributed by atoms with van der Waals surface area (Å²) < 4.78 is 5.17. The molecule has 0 aromatic heterocycles. The zero-order valence-electron chi connectivity index (χ0n) is 9.66. The van der Waals surface area contributed by atoms with E-state index in [0.717, 1.165) is 5.56 Å². The first-order valence-corrected chi connectivity index (χ1v) is 5.48. The number of nitrogens with zero attached hydrogens (tertiary/aromatic N) is 1. The largest absolute Gasteiger partial charge is 0.479 e. The van der Waals surface area contributed by atoms with Crippen molar-refractivity contribution in [3.8, 4) is 5.75 Å². The van der Waals surface area contributed by atoms with Crippen LogP contribution in [0.4, 0.5) is 0 Å². The summed E-state index contributed by atoms with van der Waals surface area (Å²) in [4.78, 5) is 10.6. The van der Waals surface area contributed by atoms with Crippen molar-refractivity contribution >= 4 is 29.5 Å². The molecule has 7 heteroatoms. The molecular weight excluding hydrogens is 254 g/mol. The molecule has 0 heterocycles. The third-order valence-electron chi connectivity index (χ3n) is 1.93. The molecule has 1 aromatic rings. The molecule has 6 nitrogen and oxygen atoms in total. The number of ether oxygens (including phenoxy) is 1. The minimum Gasteiger partial charge on any atom is -0.479 e. The second kappa shape index (κ2) is 6.55. The van der Waals surface area contributed by atoms with Gasteiger partial charge in [0, 0.05) is 0 Å². The maximum absolute atomic E-state index is 10.6. The van der Waals surface area contributed by atoms with Gasteiger partial charge < -0.3 is 15.6 Å². The van der Waals surface area contributed by atoms with Crippen molar-refractivity contribution in [3.05, 3.63) is 29.8 Å². The first kappa shape index (κ1) is 13.9. The Morgan fingerprint density at radius 3 is 2.67 bits per heavy atom. The molecule has 1 aromatic carbocycles. The molecule has 0 fully saturated rings. The van der Waals surface area contributed by atoms with Crippen LogP contribution < -0.4 is 15.9 Å². The van der Waals surface area contributed by atoms with Gasteiger partial charge in [0.15, 0.2) is 11.2 Å².